The first kappa shape index (κ1) is 41.5. The van der Waals surface area contributed by atoms with Crippen LogP contribution in [0.5, 0.6) is 0 Å². The maximum Gasteiger partial charge on any atom is 0.388 e. The number of rotatable bonds is 15. The normalized spacial score (nSPS) is 12.2. The molecule has 0 aliphatic rings. The molecule has 0 aliphatic heterocycles. The SMILES string of the molecule is CB(O)NN(Cc1ccc(-c2cc(Cl)ccc2F)cc1)C[C@@H](O)C(=O)O.CCOC(=O)[C@H](O)CN(N)Cc1ccc(-c2cc(Cl)ccc2F)cc1. The zero-order chi connectivity index (χ0) is 37.7. The highest BCUT2D eigenvalue weighted by Crippen LogP contribution is 2.27. The van der Waals surface area contributed by atoms with Gasteiger partial charge in [0.05, 0.1) is 13.2 Å². The highest BCUT2D eigenvalue weighted by atomic mass is 35.5. The van der Waals surface area contributed by atoms with Crippen LogP contribution in [0.4, 0.5) is 8.78 Å². The van der Waals surface area contributed by atoms with E-state index < -0.39 is 31.2 Å². The number of nitrogens with zero attached hydrogens (tertiary/aromatic N) is 2. The zero-order valence-electron chi connectivity index (χ0n) is 27.8. The van der Waals surface area contributed by atoms with Crippen LogP contribution in [0.1, 0.15) is 18.1 Å². The Morgan fingerprint density at radius 1 is 0.824 bits per heavy atom. The molecule has 51 heavy (non-hydrogen) atoms. The van der Waals surface area contributed by atoms with Gasteiger partial charge in [0.25, 0.3) is 0 Å². The number of carbonyl (C=O) groups is 2. The molecule has 0 aromatic heterocycles. The minimum atomic E-state index is -1.60. The largest absolute Gasteiger partial charge is 0.479 e. The number of nitrogens with one attached hydrogen (secondary N) is 1. The van der Waals surface area contributed by atoms with E-state index in [1.54, 1.807) is 61.5 Å². The number of nitrogens with two attached hydrogens (primary N) is 1. The minimum Gasteiger partial charge on any atom is -0.479 e. The van der Waals surface area contributed by atoms with E-state index in [9.17, 15) is 33.6 Å². The number of aliphatic hydroxyl groups is 2. The molecule has 0 fully saturated rings. The molecule has 7 N–H and O–H groups in total. The number of aliphatic hydroxyl groups excluding tert-OH is 2. The van der Waals surface area contributed by atoms with Gasteiger partial charge in [0, 0.05) is 40.8 Å². The molecule has 0 amide bonds. The van der Waals surface area contributed by atoms with Crippen LogP contribution in [-0.2, 0) is 27.4 Å². The number of hydrogen-bond acceptors (Lipinski definition) is 10. The average Bonchev–Trinajstić information content (AvgIpc) is 3.07. The number of carboxylic acid groups (broad SMARTS) is 1. The Morgan fingerprint density at radius 2 is 1.29 bits per heavy atom. The Bertz CT molecular complexity index is 1740. The van der Waals surface area contributed by atoms with Crippen LogP contribution >= 0.6 is 23.2 Å². The van der Waals surface area contributed by atoms with Crippen LogP contribution in [0.25, 0.3) is 22.3 Å². The van der Waals surface area contributed by atoms with Gasteiger partial charge in [-0.05, 0) is 72.4 Å². The van der Waals surface area contributed by atoms with Gasteiger partial charge in [0.15, 0.2) is 12.2 Å². The zero-order valence-corrected chi connectivity index (χ0v) is 29.4. The van der Waals surface area contributed by atoms with Gasteiger partial charge in [0.2, 0.25) is 0 Å². The minimum absolute atomic E-state index is 0.0521. The lowest BCUT2D eigenvalue weighted by Gasteiger charge is -2.25. The molecule has 4 rings (SSSR count). The molecule has 4 aromatic rings. The smallest absolute Gasteiger partial charge is 0.388 e. The summed E-state index contributed by atoms with van der Waals surface area (Å²) in [4.78, 5) is 22.2. The van der Waals surface area contributed by atoms with Gasteiger partial charge in [-0.1, -0.05) is 71.7 Å². The van der Waals surface area contributed by atoms with E-state index in [-0.39, 0.29) is 37.9 Å². The van der Waals surface area contributed by atoms with Crippen molar-refractivity contribution in [1.29, 1.82) is 0 Å². The first-order valence-corrected chi connectivity index (χ1v) is 16.5. The predicted octanol–water partition coefficient (Wildman–Crippen LogP) is 4.75. The maximum atomic E-state index is 13.9. The van der Waals surface area contributed by atoms with Gasteiger partial charge in [-0.15, -0.1) is 0 Å². The van der Waals surface area contributed by atoms with Crippen LogP contribution in [0.3, 0.4) is 0 Å². The van der Waals surface area contributed by atoms with Crippen LogP contribution in [-0.4, -0.2) is 81.3 Å². The topological polar surface area (TPSA) is 169 Å². The van der Waals surface area contributed by atoms with Gasteiger partial charge in [-0.3, -0.25) is 11.2 Å². The molecular weight excluding hydrogens is 708 g/mol. The number of carbonyl (C=O) groups excluding carboxylic acids is 1. The fourth-order valence-corrected chi connectivity index (χ4v) is 5.13. The number of halogens is 4. The molecule has 2 atom stereocenters. The van der Waals surface area contributed by atoms with Crippen molar-refractivity contribution in [2.45, 2.75) is 39.0 Å². The summed E-state index contributed by atoms with van der Waals surface area (Å²) >= 11 is 11.8. The van der Waals surface area contributed by atoms with E-state index >= 15 is 0 Å². The van der Waals surface area contributed by atoms with Crippen LogP contribution < -0.4 is 11.2 Å². The van der Waals surface area contributed by atoms with Crippen molar-refractivity contribution in [3.63, 3.8) is 0 Å². The second-order valence-corrected chi connectivity index (χ2v) is 12.3. The molecule has 0 saturated carbocycles. The summed E-state index contributed by atoms with van der Waals surface area (Å²) in [5.74, 6) is 3.03. The third-order valence-electron chi connectivity index (χ3n) is 7.16. The molecule has 0 radical (unpaired) electrons. The number of hydrogen-bond donors (Lipinski definition) is 6. The van der Waals surface area contributed by atoms with Crippen LogP contribution in [0.2, 0.25) is 16.9 Å². The third-order valence-corrected chi connectivity index (χ3v) is 7.63. The average molecular weight is 747 g/mol. The summed E-state index contributed by atoms with van der Waals surface area (Å²) in [7, 11) is -0.921. The fourth-order valence-electron chi connectivity index (χ4n) is 4.79. The van der Waals surface area contributed by atoms with Crippen LogP contribution in [0.15, 0.2) is 84.9 Å². The molecule has 0 aliphatic carbocycles. The van der Waals surface area contributed by atoms with E-state index in [4.69, 9.17) is 38.9 Å². The van der Waals surface area contributed by atoms with Crippen molar-refractivity contribution >= 4 is 42.2 Å². The molecule has 11 nitrogen and oxygen atoms in total. The predicted molar refractivity (Wildman–Crippen MR) is 192 cm³/mol. The maximum absolute atomic E-state index is 13.9. The number of hydrazine groups is 2. The molecule has 0 spiro atoms. The number of esters is 1. The molecule has 0 bridgehead atoms. The van der Waals surface area contributed by atoms with E-state index in [1.165, 1.54) is 47.2 Å². The van der Waals surface area contributed by atoms with Gasteiger partial charge in [-0.2, -0.15) is 0 Å². The summed E-state index contributed by atoms with van der Waals surface area (Å²) in [6, 6.07) is 22.8. The number of carboxylic acids is 1. The Labute approximate surface area is 304 Å². The summed E-state index contributed by atoms with van der Waals surface area (Å²) in [5.41, 5.74) is 3.77. The van der Waals surface area contributed by atoms with E-state index in [0.717, 1.165) is 11.1 Å². The van der Waals surface area contributed by atoms with Crippen molar-refractivity contribution in [3.8, 4) is 22.3 Å². The van der Waals surface area contributed by atoms with Gasteiger partial charge in [0.1, 0.15) is 11.6 Å². The second-order valence-electron chi connectivity index (χ2n) is 11.4. The Balaban J connectivity index is 0.000000276. The first-order valence-electron chi connectivity index (χ1n) is 15.7. The summed E-state index contributed by atoms with van der Waals surface area (Å²) in [6.07, 6.45) is -2.90. The molecule has 16 heteroatoms. The fraction of sp³-hybridized carbons (Fsp3) is 0.257. The number of ether oxygens (including phenoxy) is 1. The quantitative estimate of drug-likeness (QED) is 0.0430. The Kier molecular flexibility index (Phi) is 16.4. The molecule has 0 heterocycles. The first-order chi connectivity index (χ1) is 24.2. The summed E-state index contributed by atoms with van der Waals surface area (Å²) < 4.78 is 32.6. The van der Waals surface area contributed by atoms with Crippen molar-refractivity contribution < 1.29 is 43.5 Å². The highest BCUT2D eigenvalue weighted by molar-refractivity contribution is 6.45. The monoisotopic (exact) mass is 746 g/mol. The number of aliphatic carboxylic acids is 1. The molecule has 0 unspecified atom stereocenters. The lowest BCUT2D eigenvalue weighted by atomic mass is 9.90. The number of benzene rings is 4. The summed E-state index contributed by atoms with van der Waals surface area (Å²) in [5, 5.41) is 43.8. The van der Waals surface area contributed by atoms with Crippen LogP contribution in [0, 0.1) is 11.6 Å². The molecule has 4 aromatic carbocycles. The lowest BCUT2D eigenvalue weighted by Crippen LogP contribution is -2.50. The summed E-state index contributed by atoms with van der Waals surface area (Å²) in [6.45, 7) is 3.61. The molecule has 272 valence electrons. The van der Waals surface area contributed by atoms with Gasteiger partial charge < -0.3 is 25.1 Å². The Hall–Kier alpha value is -3.96. The lowest BCUT2D eigenvalue weighted by molar-refractivity contribution is -0.154. The standard InChI is InChI=1S/C18H20ClFN2O3.C17H19BClFN2O4/c1-2-25-18(24)17(23)11-22(21)10-12-3-5-13(6-4-12)15-9-14(19)7-8-16(15)20;1-18(26)21-22(10-16(23)17(24)25)9-11-2-4-12(5-3-11)14-8-13(19)6-7-15(14)20/h3-9,17,23H,2,10-11,21H2,1H3;2-8,16,21,23,26H,9-10H2,1H3,(H,24,25)/t17-;16-/m11/s1. The van der Waals surface area contributed by atoms with Crippen molar-refractivity contribution in [1.82, 2.24) is 15.4 Å². The van der Waals surface area contributed by atoms with Gasteiger partial charge >= 0.3 is 19.0 Å². The van der Waals surface area contributed by atoms with Crippen molar-refractivity contribution in [2.75, 3.05) is 19.7 Å². The van der Waals surface area contributed by atoms with E-state index in [0.29, 0.717) is 38.8 Å². The van der Waals surface area contributed by atoms with Gasteiger partial charge in [-0.25, -0.2) is 28.4 Å². The molecular formula is C35H39BCl2F2N4O7. The van der Waals surface area contributed by atoms with E-state index in [2.05, 4.69) is 5.34 Å². The Morgan fingerprint density at radius 3 is 1.73 bits per heavy atom. The second kappa shape index (κ2) is 20.2. The highest BCUT2D eigenvalue weighted by Gasteiger charge is 2.21. The van der Waals surface area contributed by atoms with Crippen molar-refractivity contribution in [2.24, 2.45) is 5.84 Å². The van der Waals surface area contributed by atoms with Crippen molar-refractivity contribution in [3.05, 3.63) is 118 Å². The third kappa shape index (κ3) is 13.6. The van der Waals surface area contributed by atoms with E-state index in [1.807, 2.05) is 0 Å². The molecule has 0 saturated heterocycles.